The average molecular weight is 349 g/mol. The fourth-order valence-corrected chi connectivity index (χ4v) is 2.30. The van der Waals surface area contributed by atoms with Crippen LogP contribution in [0.1, 0.15) is 20.8 Å². The van der Waals surface area contributed by atoms with Crippen LogP contribution in [0.2, 0.25) is 5.02 Å². The Bertz CT molecular complexity index is 770. The van der Waals surface area contributed by atoms with Crippen LogP contribution in [0, 0.1) is 10.1 Å². The molecule has 0 heterocycles. The first-order chi connectivity index (χ1) is 11.2. The van der Waals surface area contributed by atoms with Crippen molar-refractivity contribution in [1.82, 2.24) is 5.32 Å². The van der Waals surface area contributed by atoms with Gasteiger partial charge in [-0.1, -0.05) is 41.9 Å². The van der Waals surface area contributed by atoms with Gasteiger partial charge in [-0.3, -0.25) is 10.1 Å². The number of nitro groups is 1. The molecule has 7 heteroatoms. The predicted molar refractivity (Wildman–Crippen MR) is 92.5 cm³/mol. The Hall–Kier alpha value is -2.60. The van der Waals surface area contributed by atoms with Crippen LogP contribution < -0.4 is 10.1 Å². The van der Waals surface area contributed by atoms with Gasteiger partial charge in [-0.2, -0.15) is 0 Å². The zero-order chi connectivity index (χ0) is 17.9. The molecule has 0 bridgehead atoms. The van der Waals surface area contributed by atoms with Crippen LogP contribution in [-0.2, 0) is 0 Å². The van der Waals surface area contributed by atoms with Gasteiger partial charge in [-0.05, 0) is 26.3 Å². The van der Waals surface area contributed by atoms with Crippen molar-refractivity contribution in [2.75, 3.05) is 0 Å². The first kappa shape index (κ1) is 17.7. The van der Waals surface area contributed by atoms with E-state index >= 15 is 0 Å². The van der Waals surface area contributed by atoms with Gasteiger partial charge in [-0.15, -0.1) is 0 Å². The summed E-state index contributed by atoms with van der Waals surface area (Å²) >= 11 is 6.22. The van der Waals surface area contributed by atoms with Crippen molar-refractivity contribution in [1.29, 1.82) is 0 Å². The SMILES string of the molecule is CC(C)(C)NC(=O)Oc1cc(Cl)c(-c2ccccc2)cc1[N+](=O)[O-]. The Labute approximate surface area is 144 Å². The maximum atomic E-state index is 11.9. The number of benzene rings is 2. The van der Waals surface area contributed by atoms with Crippen molar-refractivity contribution in [2.24, 2.45) is 0 Å². The fourth-order valence-electron chi connectivity index (χ4n) is 2.04. The van der Waals surface area contributed by atoms with Crippen LogP contribution in [0.3, 0.4) is 0 Å². The Balaban J connectivity index is 2.41. The number of nitro benzene ring substituents is 1. The highest BCUT2D eigenvalue weighted by molar-refractivity contribution is 6.33. The predicted octanol–water partition coefficient (Wildman–Crippen LogP) is 4.80. The zero-order valence-electron chi connectivity index (χ0n) is 13.5. The molecule has 0 spiro atoms. The van der Waals surface area contributed by atoms with Crippen molar-refractivity contribution in [3.8, 4) is 16.9 Å². The number of carbonyl (C=O) groups is 1. The molecule has 0 atom stereocenters. The van der Waals surface area contributed by atoms with Gasteiger partial charge in [-0.25, -0.2) is 4.79 Å². The maximum Gasteiger partial charge on any atom is 0.413 e. The first-order valence-electron chi connectivity index (χ1n) is 7.21. The lowest BCUT2D eigenvalue weighted by Crippen LogP contribution is -2.42. The molecule has 126 valence electrons. The van der Waals surface area contributed by atoms with Gasteiger partial charge in [0.1, 0.15) is 0 Å². The molecule has 6 nitrogen and oxygen atoms in total. The van der Waals surface area contributed by atoms with Crippen LogP contribution >= 0.6 is 11.6 Å². The third-order valence-electron chi connectivity index (χ3n) is 3.01. The van der Waals surface area contributed by atoms with E-state index in [-0.39, 0.29) is 16.5 Å². The summed E-state index contributed by atoms with van der Waals surface area (Å²) in [6, 6.07) is 11.6. The van der Waals surface area contributed by atoms with Gasteiger partial charge < -0.3 is 10.1 Å². The molecule has 1 N–H and O–H groups in total. The van der Waals surface area contributed by atoms with E-state index in [0.29, 0.717) is 5.56 Å². The largest absolute Gasteiger partial charge is 0.413 e. The van der Waals surface area contributed by atoms with Crippen LogP contribution in [0.4, 0.5) is 10.5 Å². The van der Waals surface area contributed by atoms with E-state index in [2.05, 4.69) is 5.32 Å². The molecule has 2 aromatic carbocycles. The molecule has 0 unspecified atom stereocenters. The Morgan fingerprint density at radius 3 is 2.38 bits per heavy atom. The van der Waals surface area contributed by atoms with E-state index in [0.717, 1.165) is 5.56 Å². The van der Waals surface area contributed by atoms with Crippen molar-refractivity contribution in [3.05, 3.63) is 57.6 Å². The molecule has 0 aromatic heterocycles. The molecule has 0 saturated carbocycles. The van der Waals surface area contributed by atoms with Crippen molar-refractivity contribution < 1.29 is 14.5 Å². The molecular weight excluding hydrogens is 332 g/mol. The van der Waals surface area contributed by atoms with Gasteiger partial charge in [0.15, 0.2) is 0 Å². The molecule has 24 heavy (non-hydrogen) atoms. The number of ether oxygens (including phenoxy) is 1. The molecule has 0 radical (unpaired) electrons. The molecule has 0 aliphatic rings. The number of rotatable bonds is 3. The number of hydrogen-bond donors (Lipinski definition) is 1. The molecule has 0 saturated heterocycles. The van der Waals surface area contributed by atoms with Crippen LogP contribution in [0.15, 0.2) is 42.5 Å². The number of nitrogens with zero attached hydrogens (tertiary/aromatic N) is 1. The summed E-state index contributed by atoms with van der Waals surface area (Å²) in [7, 11) is 0. The lowest BCUT2D eigenvalue weighted by Gasteiger charge is -2.20. The standard InChI is InChI=1S/C17H17ClN2O4/c1-17(2,3)19-16(21)24-15-10-13(18)12(9-14(15)20(22)23)11-7-5-4-6-8-11/h4-10H,1-3H3,(H,19,21). The molecule has 0 aliphatic carbocycles. The Morgan fingerprint density at radius 1 is 1.21 bits per heavy atom. The summed E-state index contributed by atoms with van der Waals surface area (Å²) in [4.78, 5) is 22.6. The number of halogens is 1. The van der Waals surface area contributed by atoms with Gasteiger partial charge in [0.2, 0.25) is 5.75 Å². The average Bonchev–Trinajstić information content (AvgIpc) is 2.45. The molecule has 0 fully saturated rings. The van der Waals surface area contributed by atoms with E-state index in [1.807, 2.05) is 6.07 Å². The van der Waals surface area contributed by atoms with Crippen LogP contribution in [0.25, 0.3) is 11.1 Å². The van der Waals surface area contributed by atoms with E-state index in [4.69, 9.17) is 16.3 Å². The first-order valence-corrected chi connectivity index (χ1v) is 7.58. The number of nitrogens with one attached hydrogen (secondary N) is 1. The van der Waals surface area contributed by atoms with Crippen molar-refractivity contribution in [3.63, 3.8) is 0 Å². The van der Waals surface area contributed by atoms with Crippen LogP contribution in [0.5, 0.6) is 5.75 Å². The van der Waals surface area contributed by atoms with Gasteiger partial charge >= 0.3 is 11.8 Å². The third kappa shape index (κ3) is 4.45. The third-order valence-corrected chi connectivity index (χ3v) is 3.32. The minimum Gasteiger partial charge on any atom is -0.403 e. The molecule has 2 aromatic rings. The van der Waals surface area contributed by atoms with E-state index in [1.54, 1.807) is 45.0 Å². The minimum absolute atomic E-state index is 0.202. The Morgan fingerprint density at radius 2 is 1.83 bits per heavy atom. The van der Waals surface area contributed by atoms with E-state index < -0.39 is 16.6 Å². The highest BCUT2D eigenvalue weighted by Crippen LogP contribution is 2.38. The second-order valence-electron chi connectivity index (χ2n) is 6.19. The smallest absolute Gasteiger partial charge is 0.403 e. The normalized spacial score (nSPS) is 11.0. The van der Waals surface area contributed by atoms with E-state index in [9.17, 15) is 14.9 Å². The molecular formula is C17H17ClN2O4. The Kier molecular flexibility index (Phi) is 5.09. The zero-order valence-corrected chi connectivity index (χ0v) is 14.3. The fraction of sp³-hybridized carbons (Fsp3) is 0.235. The molecule has 1 amide bonds. The second kappa shape index (κ2) is 6.88. The molecule has 2 rings (SSSR count). The van der Waals surface area contributed by atoms with Gasteiger partial charge in [0.25, 0.3) is 0 Å². The quantitative estimate of drug-likeness (QED) is 0.638. The summed E-state index contributed by atoms with van der Waals surface area (Å²) in [5, 5.41) is 14.2. The lowest BCUT2D eigenvalue weighted by atomic mass is 10.0. The maximum absolute atomic E-state index is 11.9. The summed E-state index contributed by atoms with van der Waals surface area (Å²) < 4.78 is 5.08. The lowest BCUT2D eigenvalue weighted by molar-refractivity contribution is -0.385. The number of amides is 1. The molecule has 0 aliphatic heterocycles. The number of hydrogen-bond acceptors (Lipinski definition) is 4. The highest BCUT2D eigenvalue weighted by Gasteiger charge is 2.23. The second-order valence-corrected chi connectivity index (χ2v) is 6.59. The number of carbonyl (C=O) groups excluding carboxylic acids is 1. The summed E-state index contributed by atoms with van der Waals surface area (Å²) in [5.74, 6) is -0.202. The summed E-state index contributed by atoms with van der Waals surface area (Å²) in [6.45, 7) is 5.32. The van der Waals surface area contributed by atoms with Gasteiger partial charge in [0.05, 0.1) is 9.95 Å². The highest BCUT2D eigenvalue weighted by atomic mass is 35.5. The van der Waals surface area contributed by atoms with Crippen molar-refractivity contribution in [2.45, 2.75) is 26.3 Å². The summed E-state index contributed by atoms with van der Waals surface area (Å²) in [6.07, 6.45) is -0.783. The minimum atomic E-state index is -0.783. The van der Waals surface area contributed by atoms with Gasteiger partial charge in [0, 0.05) is 23.2 Å². The van der Waals surface area contributed by atoms with Crippen LogP contribution in [-0.4, -0.2) is 16.6 Å². The summed E-state index contributed by atoms with van der Waals surface area (Å²) in [5.41, 5.74) is 0.366. The van der Waals surface area contributed by atoms with E-state index in [1.165, 1.54) is 12.1 Å². The van der Waals surface area contributed by atoms with Crippen molar-refractivity contribution >= 4 is 23.4 Å². The monoisotopic (exact) mass is 348 g/mol. The topological polar surface area (TPSA) is 81.5 Å².